The van der Waals surface area contributed by atoms with Crippen molar-refractivity contribution >= 4 is 57.0 Å². The molecule has 2 aromatic carbocycles. The van der Waals surface area contributed by atoms with Gasteiger partial charge in [0.25, 0.3) is 5.56 Å². The number of para-hydroxylation sites is 1. The maximum absolute atomic E-state index is 13.3. The van der Waals surface area contributed by atoms with Crippen LogP contribution in [-0.4, -0.2) is 21.2 Å². The molecule has 4 aromatic rings. The normalized spacial score (nSPS) is 11.3. The number of nitrogens with one attached hydrogen (secondary N) is 1. The van der Waals surface area contributed by atoms with Gasteiger partial charge < -0.3 is 9.73 Å². The molecule has 0 bridgehead atoms. The van der Waals surface area contributed by atoms with E-state index in [1.165, 1.54) is 18.2 Å². The number of carbonyl (C=O) groups is 1. The Balaban J connectivity index is 1.63. The summed E-state index contributed by atoms with van der Waals surface area (Å²) < 4.78 is 20.6. The number of fused-ring (bicyclic) bond motifs is 3. The summed E-state index contributed by atoms with van der Waals surface area (Å²) in [7, 11) is 0. The Hall–Kier alpha value is -2.84. The fourth-order valence-corrected chi connectivity index (χ4v) is 4.18. The second kappa shape index (κ2) is 9.11. The minimum absolute atomic E-state index is 0.0227. The average Bonchev–Trinajstić information content (AvgIpc) is 3.13. The van der Waals surface area contributed by atoms with Crippen LogP contribution < -0.4 is 10.9 Å². The fourth-order valence-electron chi connectivity index (χ4n) is 3.18. The van der Waals surface area contributed by atoms with Gasteiger partial charge >= 0.3 is 0 Å². The number of aromatic nitrogens is 2. The molecule has 160 valence electrons. The van der Waals surface area contributed by atoms with Crippen molar-refractivity contribution in [2.24, 2.45) is 0 Å². The van der Waals surface area contributed by atoms with Crippen LogP contribution in [0.25, 0.3) is 22.1 Å². The van der Waals surface area contributed by atoms with E-state index >= 15 is 0 Å². The number of amides is 1. The van der Waals surface area contributed by atoms with Crippen molar-refractivity contribution in [2.75, 3.05) is 11.1 Å². The number of hydrogen-bond donors (Lipinski definition) is 1. The molecule has 2 heterocycles. The molecule has 31 heavy (non-hydrogen) atoms. The number of benzene rings is 2. The van der Waals surface area contributed by atoms with Crippen LogP contribution in [0.4, 0.5) is 10.1 Å². The van der Waals surface area contributed by atoms with Crippen LogP contribution in [0.1, 0.15) is 19.8 Å². The van der Waals surface area contributed by atoms with Crippen LogP contribution in [0.15, 0.2) is 56.8 Å². The third-order valence-corrected chi connectivity index (χ3v) is 5.98. The number of unbranched alkanes of at least 4 members (excludes halogenated alkanes) is 1. The van der Waals surface area contributed by atoms with Gasteiger partial charge in [0, 0.05) is 17.6 Å². The van der Waals surface area contributed by atoms with Gasteiger partial charge in [-0.3, -0.25) is 14.2 Å². The average molecular weight is 460 g/mol. The SMILES string of the molecule is CCCCn1c(SCC(=O)Nc2ccc(F)c(Cl)c2)nc2c(oc3ccccc32)c1=O. The molecule has 0 aliphatic heterocycles. The van der Waals surface area contributed by atoms with Crippen LogP contribution in [0.2, 0.25) is 5.02 Å². The Labute approximate surface area is 186 Å². The van der Waals surface area contributed by atoms with Gasteiger partial charge in [0.15, 0.2) is 5.16 Å². The first kappa shape index (κ1) is 21.4. The summed E-state index contributed by atoms with van der Waals surface area (Å²) in [6.07, 6.45) is 1.70. The topological polar surface area (TPSA) is 77.1 Å². The van der Waals surface area contributed by atoms with E-state index in [1.54, 1.807) is 10.6 Å². The van der Waals surface area contributed by atoms with E-state index in [-0.39, 0.29) is 27.8 Å². The van der Waals surface area contributed by atoms with E-state index in [0.29, 0.717) is 28.5 Å². The number of hydrogen-bond acceptors (Lipinski definition) is 5. The number of rotatable bonds is 7. The number of carbonyl (C=O) groups excluding carboxylic acids is 1. The highest BCUT2D eigenvalue weighted by Crippen LogP contribution is 2.27. The van der Waals surface area contributed by atoms with Crippen LogP contribution in [-0.2, 0) is 11.3 Å². The number of anilines is 1. The number of nitrogens with zero attached hydrogens (tertiary/aromatic N) is 2. The molecule has 0 aliphatic carbocycles. The molecule has 0 spiro atoms. The van der Waals surface area contributed by atoms with E-state index in [1.807, 2.05) is 25.1 Å². The second-order valence-corrected chi connectivity index (χ2v) is 8.30. The lowest BCUT2D eigenvalue weighted by Gasteiger charge is -2.11. The predicted octanol–water partition coefficient (Wildman–Crippen LogP) is 5.47. The van der Waals surface area contributed by atoms with Crippen molar-refractivity contribution in [3.63, 3.8) is 0 Å². The molecule has 6 nitrogen and oxygen atoms in total. The van der Waals surface area contributed by atoms with Crippen molar-refractivity contribution in [1.82, 2.24) is 9.55 Å². The quantitative estimate of drug-likeness (QED) is 0.293. The first-order chi connectivity index (χ1) is 15.0. The third-order valence-electron chi connectivity index (χ3n) is 4.72. The van der Waals surface area contributed by atoms with Crippen LogP contribution in [0.3, 0.4) is 0 Å². The van der Waals surface area contributed by atoms with Crippen LogP contribution in [0.5, 0.6) is 0 Å². The molecule has 9 heteroatoms. The second-order valence-electron chi connectivity index (χ2n) is 6.95. The van der Waals surface area contributed by atoms with E-state index < -0.39 is 5.82 Å². The summed E-state index contributed by atoms with van der Waals surface area (Å²) in [5.74, 6) is -0.852. The van der Waals surface area contributed by atoms with E-state index in [0.717, 1.165) is 30.0 Å². The van der Waals surface area contributed by atoms with Crippen molar-refractivity contribution < 1.29 is 13.6 Å². The smallest absolute Gasteiger partial charge is 0.297 e. The summed E-state index contributed by atoms with van der Waals surface area (Å²) >= 11 is 6.93. The standard InChI is InChI=1S/C22H19ClFN3O3S/c1-2-3-10-27-21(29)20-19(14-6-4-5-7-17(14)30-20)26-22(27)31-12-18(28)25-13-8-9-16(24)15(23)11-13/h4-9,11H,2-3,10,12H2,1H3,(H,25,28). The van der Waals surface area contributed by atoms with Crippen LogP contribution in [0, 0.1) is 5.82 Å². The van der Waals surface area contributed by atoms with E-state index in [9.17, 15) is 14.0 Å². The summed E-state index contributed by atoms with van der Waals surface area (Å²) in [4.78, 5) is 30.2. The van der Waals surface area contributed by atoms with Gasteiger partial charge in [-0.1, -0.05) is 48.8 Å². The molecular formula is C22H19ClFN3O3S. The molecular weight excluding hydrogens is 441 g/mol. The lowest BCUT2D eigenvalue weighted by molar-refractivity contribution is -0.113. The van der Waals surface area contributed by atoms with Gasteiger partial charge in [0.1, 0.15) is 16.9 Å². The van der Waals surface area contributed by atoms with Gasteiger partial charge in [-0.15, -0.1) is 0 Å². The molecule has 1 N–H and O–H groups in total. The van der Waals surface area contributed by atoms with Crippen molar-refractivity contribution in [3.8, 4) is 0 Å². The maximum atomic E-state index is 13.3. The monoisotopic (exact) mass is 459 g/mol. The zero-order valence-electron chi connectivity index (χ0n) is 16.7. The van der Waals surface area contributed by atoms with Gasteiger partial charge in [0.05, 0.1) is 10.8 Å². The fraction of sp³-hybridized carbons (Fsp3) is 0.227. The lowest BCUT2D eigenvalue weighted by atomic mass is 10.2. The molecule has 2 aromatic heterocycles. The minimum atomic E-state index is -0.557. The highest BCUT2D eigenvalue weighted by Gasteiger charge is 2.18. The lowest BCUT2D eigenvalue weighted by Crippen LogP contribution is -2.24. The van der Waals surface area contributed by atoms with Crippen LogP contribution >= 0.6 is 23.4 Å². The molecule has 1 amide bonds. The minimum Gasteiger partial charge on any atom is -0.448 e. The molecule has 4 rings (SSSR count). The Morgan fingerprint density at radius 3 is 2.87 bits per heavy atom. The molecule has 0 saturated carbocycles. The Morgan fingerprint density at radius 2 is 2.10 bits per heavy atom. The number of furan rings is 1. The highest BCUT2D eigenvalue weighted by atomic mass is 35.5. The summed E-state index contributed by atoms with van der Waals surface area (Å²) in [6, 6.07) is 11.3. The molecule has 0 atom stereocenters. The first-order valence-electron chi connectivity index (χ1n) is 9.77. The van der Waals surface area contributed by atoms with Gasteiger partial charge in [-0.25, -0.2) is 9.37 Å². The van der Waals surface area contributed by atoms with Gasteiger partial charge in [-0.05, 0) is 36.8 Å². The van der Waals surface area contributed by atoms with Gasteiger partial charge in [0.2, 0.25) is 11.5 Å². The third kappa shape index (κ3) is 4.45. The molecule has 0 saturated heterocycles. The largest absolute Gasteiger partial charge is 0.448 e. The van der Waals surface area contributed by atoms with Crippen molar-refractivity contribution in [2.45, 2.75) is 31.5 Å². The van der Waals surface area contributed by atoms with E-state index in [4.69, 9.17) is 16.0 Å². The Bertz CT molecular complexity index is 1340. The molecule has 0 fully saturated rings. The molecule has 0 radical (unpaired) electrons. The number of thioether (sulfide) groups is 1. The van der Waals surface area contributed by atoms with Crippen molar-refractivity contribution in [3.05, 3.63) is 63.7 Å². The molecule has 0 aliphatic rings. The summed E-state index contributed by atoms with van der Waals surface area (Å²) in [6.45, 7) is 2.51. The zero-order valence-corrected chi connectivity index (χ0v) is 18.2. The highest BCUT2D eigenvalue weighted by molar-refractivity contribution is 7.99. The first-order valence-corrected chi connectivity index (χ1v) is 11.1. The Morgan fingerprint density at radius 1 is 1.29 bits per heavy atom. The van der Waals surface area contributed by atoms with Crippen molar-refractivity contribution in [1.29, 1.82) is 0 Å². The van der Waals surface area contributed by atoms with E-state index in [2.05, 4.69) is 10.3 Å². The maximum Gasteiger partial charge on any atom is 0.297 e. The predicted molar refractivity (Wildman–Crippen MR) is 121 cm³/mol. The Kier molecular flexibility index (Phi) is 6.29. The summed E-state index contributed by atoms with van der Waals surface area (Å²) in [5, 5.41) is 3.81. The summed E-state index contributed by atoms with van der Waals surface area (Å²) in [5.41, 5.74) is 1.43. The number of halogens is 2. The van der Waals surface area contributed by atoms with Gasteiger partial charge in [-0.2, -0.15) is 0 Å². The zero-order chi connectivity index (χ0) is 22.0. The molecule has 0 unspecified atom stereocenters.